The van der Waals surface area contributed by atoms with Gasteiger partial charge in [-0.2, -0.15) is 11.8 Å². The molecule has 18 heavy (non-hydrogen) atoms. The van der Waals surface area contributed by atoms with Gasteiger partial charge in [0.25, 0.3) is 0 Å². The average molecular weight is 268 g/mol. The average Bonchev–Trinajstić information content (AvgIpc) is 2.37. The molecule has 0 aromatic heterocycles. The maximum Gasteiger partial charge on any atom is 0.122 e. The standard InChI is InChI=1S/C15H24O2S/c1-13(2)18-11-6-4-5-10-17-15-9-7-8-14(12-15)16-3/h7-9,12-13H,4-6,10-11H2,1-3H3. The van der Waals surface area contributed by atoms with Crippen molar-refractivity contribution >= 4 is 11.8 Å². The molecule has 0 radical (unpaired) electrons. The van der Waals surface area contributed by atoms with Crippen LogP contribution in [-0.2, 0) is 0 Å². The molecule has 0 aliphatic heterocycles. The van der Waals surface area contributed by atoms with Gasteiger partial charge in [-0.05, 0) is 42.4 Å². The minimum Gasteiger partial charge on any atom is -0.497 e. The first-order valence-electron chi connectivity index (χ1n) is 6.61. The Kier molecular flexibility index (Phi) is 7.74. The van der Waals surface area contributed by atoms with Crippen LogP contribution < -0.4 is 9.47 Å². The van der Waals surface area contributed by atoms with E-state index in [0.717, 1.165) is 29.8 Å². The molecular formula is C15H24O2S. The smallest absolute Gasteiger partial charge is 0.122 e. The van der Waals surface area contributed by atoms with E-state index in [1.54, 1.807) is 7.11 Å². The van der Waals surface area contributed by atoms with Crippen molar-refractivity contribution < 1.29 is 9.47 Å². The highest BCUT2D eigenvalue weighted by atomic mass is 32.2. The zero-order valence-electron chi connectivity index (χ0n) is 11.6. The second-order valence-corrected chi connectivity index (χ2v) is 6.19. The summed E-state index contributed by atoms with van der Waals surface area (Å²) in [5, 5.41) is 0.748. The van der Waals surface area contributed by atoms with E-state index in [1.807, 2.05) is 36.0 Å². The van der Waals surface area contributed by atoms with Gasteiger partial charge in [0.1, 0.15) is 11.5 Å². The quantitative estimate of drug-likeness (QED) is 0.619. The summed E-state index contributed by atoms with van der Waals surface area (Å²) >= 11 is 2.03. The molecule has 2 nitrogen and oxygen atoms in total. The van der Waals surface area contributed by atoms with Gasteiger partial charge in [-0.3, -0.25) is 0 Å². The molecule has 1 aromatic rings. The molecular weight excluding hydrogens is 244 g/mol. The summed E-state index contributed by atoms with van der Waals surface area (Å²) in [6.07, 6.45) is 3.64. The lowest BCUT2D eigenvalue weighted by molar-refractivity contribution is 0.304. The molecule has 0 spiro atoms. The van der Waals surface area contributed by atoms with Gasteiger partial charge in [-0.25, -0.2) is 0 Å². The van der Waals surface area contributed by atoms with Gasteiger partial charge < -0.3 is 9.47 Å². The molecule has 0 saturated heterocycles. The summed E-state index contributed by atoms with van der Waals surface area (Å²) in [6.45, 7) is 5.28. The maximum absolute atomic E-state index is 5.69. The van der Waals surface area contributed by atoms with Gasteiger partial charge in [0.2, 0.25) is 0 Å². The number of hydrogen-bond donors (Lipinski definition) is 0. The number of methoxy groups -OCH3 is 1. The summed E-state index contributed by atoms with van der Waals surface area (Å²) in [6, 6.07) is 7.77. The summed E-state index contributed by atoms with van der Waals surface area (Å²) < 4.78 is 10.8. The number of rotatable bonds is 9. The van der Waals surface area contributed by atoms with E-state index < -0.39 is 0 Å². The molecule has 0 fully saturated rings. The Morgan fingerprint density at radius 1 is 1.11 bits per heavy atom. The van der Waals surface area contributed by atoms with Crippen LogP contribution in [0.25, 0.3) is 0 Å². The summed E-state index contributed by atoms with van der Waals surface area (Å²) in [7, 11) is 1.67. The van der Waals surface area contributed by atoms with Gasteiger partial charge in [-0.15, -0.1) is 0 Å². The van der Waals surface area contributed by atoms with E-state index in [2.05, 4.69) is 13.8 Å². The van der Waals surface area contributed by atoms with Crippen molar-refractivity contribution in [3.8, 4) is 11.5 Å². The Morgan fingerprint density at radius 3 is 2.61 bits per heavy atom. The molecule has 0 aliphatic carbocycles. The van der Waals surface area contributed by atoms with Crippen LogP contribution >= 0.6 is 11.8 Å². The SMILES string of the molecule is COc1cccc(OCCCCCSC(C)C)c1. The van der Waals surface area contributed by atoms with Crippen LogP contribution in [0, 0.1) is 0 Å². The fraction of sp³-hybridized carbons (Fsp3) is 0.600. The molecule has 0 aliphatic rings. The van der Waals surface area contributed by atoms with Crippen molar-refractivity contribution in [1.29, 1.82) is 0 Å². The predicted octanol–water partition coefficient (Wildman–Crippen LogP) is 4.39. The van der Waals surface area contributed by atoms with Crippen LogP contribution in [0.3, 0.4) is 0 Å². The Labute approximate surface area is 115 Å². The second-order valence-electron chi connectivity index (χ2n) is 4.51. The number of thioether (sulfide) groups is 1. The van der Waals surface area contributed by atoms with Crippen LogP contribution in [0.2, 0.25) is 0 Å². The maximum atomic E-state index is 5.69. The molecule has 102 valence electrons. The molecule has 1 aromatic carbocycles. The van der Waals surface area contributed by atoms with E-state index in [-0.39, 0.29) is 0 Å². The Balaban J connectivity index is 2.06. The number of hydrogen-bond acceptors (Lipinski definition) is 3. The van der Waals surface area contributed by atoms with Crippen LogP contribution in [-0.4, -0.2) is 24.7 Å². The summed E-state index contributed by atoms with van der Waals surface area (Å²) in [5.41, 5.74) is 0. The zero-order chi connectivity index (χ0) is 13.2. The lowest BCUT2D eigenvalue weighted by Gasteiger charge is -2.08. The minimum absolute atomic E-state index is 0.748. The molecule has 0 unspecified atom stereocenters. The topological polar surface area (TPSA) is 18.5 Å². The van der Waals surface area contributed by atoms with Crippen LogP contribution in [0.5, 0.6) is 11.5 Å². The van der Waals surface area contributed by atoms with Gasteiger partial charge >= 0.3 is 0 Å². The highest BCUT2D eigenvalue weighted by molar-refractivity contribution is 7.99. The van der Waals surface area contributed by atoms with Gasteiger partial charge in [-0.1, -0.05) is 19.9 Å². The lowest BCUT2D eigenvalue weighted by Crippen LogP contribution is -1.98. The Bertz CT molecular complexity index is 326. The fourth-order valence-electron chi connectivity index (χ4n) is 1.58. The van der Waals surface area contributed by atoms with Gasteiger partial charge in [0.15, 0.2) is 0 Å². The zero-order valence-corrected chi connectivity index (χ0v) is 12.5. The van der Waals surface area contributed by atoms with Crippen molar-refractivity contribution in [1.82, 2.24) is 0 Å². The van der Waals surface area contributed by atoms with E-state index in [9.17, 15) is 0 Å². The van der Waals surface area contributed by atoms with Crippen LogP contribution in [0.1, 0.15) is 33.1 Å². The summed E-state index contributed by atoms with van der Waals surface area (Å²) in [4.78, 5) is 0. The first kappa shape index (κ1) is 15.2. The molecule has 0 bridgehead atoms. The van der Waals surface area contributed by atoms with Crippen molar-refractivity contribution in [2.45, 2.75) is 38.4 Å². The monoisotopic (exact) mass is 268 g/mol. The Morgan fingerprint density at radius 2 is 1.89 bits per heavy atom. The van der Waals surface area contributed by atoms with E-state index in [1.165, 1.54) is 18.6 Å². The molecule has 1 rings (SSSR count). The third-order valence-corrected chi connectivity index (χ3v) is 3.74. The number of unbranched alkanes of at least 4 members (excludes halogenated alkanes) is 2. The number of benzene rings is 1. The fourth-order valence-corrected chi connectivity index (χ4v) is 2.42. The third kappa shape index (κ3) is 6.80. The second kappa shape index (κ2) is 9.15. The molecule has 3 heteroatoms. The summed E-state index contributed by atoms with van der Waals surface area (Å²) in [5.74, 6) is 3.00. The van der Waals surface area contributed by atoms with Gasteiger partial charge in [0, 0.05) is 6.07 Å². The van der Waals surface area contributed by atoms with Crippen molar-refractivity contribution in [2.24, 2.45) is 0 Å². The van der Waals surface area contributed by atoms with E-state index >= 15 is 0 Å². The van der Waals surface area contributed by atoms with E-state index in [0.29, 0.717) is 0 Å². The molecule has 0 N–H and O–H groups in total. The highest BCUT2D eigenvalue weighted by Crippen LogP contribution is 2.19. The van der Waals surface area contributed by atoms with Crippen molar-refractivity contribution in [2.75, 3.05) is 19.5 Å². The Hall–Kier alpha value is -0.830. The largest absolute Gasteiger partial charge is 0.497 e. The normalized spacial score (nSPS) is 10.7. The highest BCUT2D eigenvalue weighted by Gasteiger charge is 1.97. The molecule has 0 heterocycles. The molecule has 0 amide bonds. The minimum atomic E-state index is 0.748. The number of ether oxygens (including phenoxy) is 2. The van der Waals surface area contributed by atoms with E-state index in [4.69, 9.17) is 9.47 Å². The first-order chi connectivity index (χ1) is 8.72. The first-order valence-corrected chi connectivity index (χ1v) is 7.65. The third-order valence-electron chi connectivity index (χ3n) is 2.55. The van der Waals surface area contributed by atoms with Crippen molar-refractivity contribution in [3.05, 3.63) is 24.3 Å². The van der Waals surface area contributed by atoms with Crippen LogP contribution in [0.4, 0.5) is 0 Å². The molecule has 0 atom stereocenters. The van der Waals surface area contributed by atoms with Gasteiger partial charge in [0.05, 0.1) is 13.7 Å². The van der Waals surface area contributed by atoms with Crippen LogP contribution in [0.15, 0.2) is 24.3 Å². The van der Waals surface area contributed by atoms with Crippen molar-refractivity contribution in [3.63, 3.8) is 0 Å². The lowest BCUT2D eigenvalue weighted by atomic mass is 10.2. The molecule has 0 saturated carbocycles. The predicted molar refractivity (Wildman–Crippen MR) is 79.9 cm³/mol.